The number of halogens is 1. The fourth-order valence-electron chi connectivity index (χ4n) is 2.44. The first-order valence-corrected chi connectivity index (χ1v) is 9.63. The van der Waals surface area contributed by atoms with Crippen LogP contribution in [-0.2, 0) is 16.4 Å². The maximum Gasteiger partial charge on any atom is 0.191 e. The molecule has 0 saturated carbocycles. The highest BCUT2D eigenvalue weighted by Gasteiger charge is 2.28. The molecule has 1 fully saturated rings. The van der Waals surface area contributed by atoms with E-state index in [1.807, 2.05) is 38.1 Å². The summed E-state index contributed by atoms with van der Waals surface area (Å²) in [6.07, 6.45) is 0.786. The minimum Gasteiger partial charge on any atom is -0.491 e. The Kier molecular flexibility index (Phi) is 8.28. The van der Waals surface area contributed by atoms with E-state index in [0.29, 0.717) is 18.9 Å². The summed E-state index contributed by atoms with van der Waals surface area (Å²) in [6, 6.07) is 7.82. The summed E-state index contributed by atoms with van der Waals surface area (Å²) in [6.45, 7) is 4.60. The number of benzene rings is 1. The van der Waals surface area contributed by atoms with Crippen molar-refractivity contribution in [2.45, 2.75) is 39.0 Å². The molecule has 136 valence electrons. The summed E-state index contributed by atoms with van der Waals surface area (Å²) in [7, 11) is -1.21. The van der Waals surface area contributed by atoms with Gasteiger partial charge >= 0.3 is 0 Å². The molecule has 8 heteroatoms. The van der Waals surface area contributed by atoms with Crippen molar-refractivity contribution in [2.75, 3.05) is 18.6 Å². The second kappa shape index (κ2) is 9.45. The lowest BCUT2D eigenvalue weighted by molar-refractivity contribution is 0.242. The average molecular weight is 467 g/mol. The second-order valence-electron chi connectivity index (χ2n) is 5.98. The number of nitrogens with one attached hydrogen (secondary N) is 2. The number of sulfone groups is 1. The number of rotatable bonds is 5. The number of nitrogens with zero attached hydrogens (tertiary/aromatic N) is 1. The van der Waals surface area contributed by atoms with Gasteiger partial charge in [-0.1, -0.05) is 12.1 Å². The average Bonchev–Trinajstić information content (AvgIpc) is 2.83. The molecule has 1 aromatic carbocycles. The van der Waals surface area contributed by atoms with E-state index in [2.05, 4.69) is 15.6 Å². The van der Waals surface area contributed by atoms with Crippen LogP contribution in [-0.4, -0.2) is 45.1 Å². The number of guanidine groups is 1. The number of aliphatic imine (C=N–C) groups is 1. The van der Waals surface area contributed by atoms with Gasteiger partial charge < -0.3 is 15.4 Å². The third-order valence-corrected chi connectivity index (χ3v) is 5.32. The Labute approximate surface area is 161 Å². The lowest BCUT2D eigenvalue weighted by Crippen LogP contribution is -2.43. The van der Waals surface area contributed by atoms with Crippen LogP contribution in [0.4, 0.5) is 0 Å². The van der Waals surface area contributed by atoms with Gasteiger partial charge in [-0.25, -0.2) is 8.42 Å². The molecule has 0 spiro atoms. The maximum absolute atomic E-state index is 11.5. The summed E-state index contributed by atoms with van der Waals surface area (Å²) >= 11 is 0. The topological polar surface area (TPSA) is 79.8 Å². The zero-order valence-electron chi connectivity index (χ0n) is 14.3. The first-order valence-electron chi connectivity index (χ1n) is 7.81. The Morgan fingerprint density at radius 2 is 2.00 bits per heavy atom. The molecule has 2 rings (SSSR count). The largest absolute Gasteiger partial charge is 0.491 e. The Morgan fingerprint density at radius 1 is 1.33 bits per heavy atom. The SMILES string of the molecule is CN=C(NCc1ccc(OC(C)C)cc1)NC1CCS(=O)(=O)C1.I. The molecule has 0 radical (unpaired) electrons. The fourth-order valence-corrected chi connectivity index (χ4v) is 4.11. The van der Waals surface area contributed by atoms with Crippen molar-refractivity contribution < 1.29 is 13.2 Å². The molecule has 1 atom stereocenters. The smallest absolute Gasteiger partial charge is 0.191 e. The van der Waals surface area contributed by atoms with Crippen molar-refractivity contribution in [1.29, 1.82) is 0 Å². The standard InChI is InChI=1S/C16H25N3O3S.HI/c1-12(2)22-15-6-4-13(5-7-15)10-18-16(17-3)19-14-8-9-23(20,21)11-14;/h4-7,12,14H,8-11H2,1-3H3,(H2,17,18,19);1H. The van der Waals surface area contributed by atoms with Crippen molar-refractivity contribution in [1.82, 2.24) is 10.6 Å². The van der Waals surface area contributed by atoms with E-state index in [9.17, 15) is 8.42 Å². The molecule has 1 aromatic rings. The van der Waals surface area contributed by atoms with Crippen LogP contribution < -0.4 is 15.4 Å². The van der Waals surface area contributed by atoms with Gasteiger partial charge in [-0.3, -0.25) is 4.99 Å². The normalized spacial score (nSPS) is 19.7. The Hall–Kier alpha value is -1.03. The lowest BCUT2D eigenvalue weighted by Gasteiger charge is -2.16. The number of hydrogen-bond acceptors (Lipinski definition) is 4. The molecule has 6 nitrogen and oxygen atoms in total. The third-order valence-electron chi connectivity index (χ3n) is 3.55. The predicted octanol–water partition coefficient (Wildman–Crippen LogP) is 1.94. The van der Waals surface area contributed by atoms with E-state index in [0.717, 1.165) is 11.3 Å². The van der Waals surface area contributed by atoms with Crippen molar-refractivity contribution >= 4 is 39.8 Å². The first-order chi connectivity index (χ1) is 10.9. The van der Waals surface area contributed by atoms with Gasteiger partial charge in [0.1, 0.15) is 5.75 Å². The molecular formula is C16H26IN3O3S. The molecule has 1 aliphatic heterocycles. The van der Waals surface area contributed by atoms with E-state index < -0.39 is 9.84 Å². The molecule has 0 aromatic heterocycles. The first kappa shape index (κ1) is 21.0. The lowest BCUT2D eigenvalue weighted by atomic mass is 10.2. The van der Waals surface area contributed by atoms with E-state index in [-0.39, 0.29) is 47.6 Å². The van der Waals surface area contributed by atoms with Gasteiger partial charge in [0.2, 0.25) is 0 Å². The number of hydrogen-bond donors (Lipinski definition) is 2. The zero-order valence-corrected chi connectivity index (χ0v) is 17.4. The minimum absolute atomic E-state index is 0. The predicted molar refractivity (Wildman–Crippen MR) is 108 cm³/mol. The fraction of sp³-hybridized carbons (Fsp3) is 0.562. The van der Waals surface area contributed by atoms with Crippen molar-refractivity contribution in [3.05, 3.63) is 29.8 Å². The zero-order chi connectivity index (χ0) is 16.9. The quantitative estimate of drug-likeness (QED) is 0.393. The van der Waals surface area contributed by atoms with Crippen LogP contribution >= 0.6 is 24.0 Å². The van der Waals surface area contributed by atoms with Crippen LogP contribution in [0.1, 0.15) is 25.8 Å². The van der Waals surface area contributed by atoms with Crippen LogP contribution in [0.15, 0.2) is 29.3 Å². The summed E-state index contributed by atoms with van der Waals surface area (Å²) in [4.78, 5) is 4.15. The molecule has 0 amide bonds. The van der Waals surface area contributed by atoms with Gasteiger partial charge in [-0.2, -0.15) is 0 Å². The second-order valence-corrected chi connectivity index (χ2v) is 8.21. The summed E-state index contributed by atoms with van der Waals surface area (Å²) in [5, 5.41) is 6.37. The molecule has 24 heavy (non-hydrogen) atoms. The highest BCUT2D eigenvalue weighted by molar-refractivity contribution is 14.0. The van der Waals surface area contributed by atoms with E-state index in [1.165, 1.54) is 0 Å². The Morgan fingerprint density at radius 3 is 2.50 bits per heavy atom. The van der Waals surface area contributed by atoms with Gasteiger partial charge in [0.25, 0.3) is 0 Å². The summed E-state index contributed by atoms with van der Waals surface area (Å²) in [5.74, 6) is 1.89. The highest BCUT2D eigenvalue weighted by atomic mass is 127. The van der Waals surface area contributed by atoms with E-state index in [4.69, 9.17) is 4.74 Å². The van der Waals surface area contributed by atoms with Crippen LogP contribution in [0.3, 0.4) is 0 Å². The molecule has 0 bridgehead atoms. The third kappa shape index (κ3) is 6.84. The van der Waals surface area contributed by atoms with Crippen molar-refractivity contribution in [3.63, 3.8) is 0 Å². The van der Waals surface area contributed by atoms with Gasteiger partial charge in [0.05, 0.1) is 17.6 Å². The van der Waals surface area contributed by atoms with Crippen LogP contribution in [0.2, 0.25) is 0 Å². The molecule has 1 aliphatic rings. The van der Waals surface area contributed by atoms with Gasteiger partial charge in [-0.15, -0.1) is 24.0 Å². The van der Waals surface area contributed by atoms with Crippen LogP contribution in [0.25, 0.3) is 0 Å². The molecular weight excluding hydrogens is 441 g/mol. The summed E-state index contributed by atoms with van der Waals surface area (Å²) in [5.41, 5.74) is 1.10. The Bertz CT molecular complexity index is 645. The molecule has 2 N–H and O–H groups in total. The monoisotopic (exact) mass is 467 g/mol. The molecule has 1 saturated heterocycles. The van der Waals surface area contributed by atoms with Gasteiger partial charge in [0, 0.05) is 19.6 Å². The van der Waals surface area contributed by atoms with E-state index >= 15 is 0 Å². The van der Waals surface area contributed by atoms with Gasteiger partial charge in [-0.05, 0) is 38.0 Å². The molecule has 1 unspecified atom stereocenters. The molecule has 1 heterocycles. The minimum atomic E-state index is -2.89. The van der Waals surface area contributed by atoms with Crippen molar-refractivity contribution in [2.24, 2.45) is 4.99 Å². The highest BCUT2D eigenvalue weighted by Crippen LogP contribution is 2.14. The molecule has 0 aliphatic carbocycles. The van der Waals surface area contributed by atoms with Crippen LogP contribution in [0, 0.1) is 0 Å². The summed E-state index contributed by atoms with van der Waals surface area (Å²) < 4.78 is 28.6. The Balaban J connectivity index is 0.00000288. The van der Waals surface area contributed by atoms with E-state index in [1.54, 1.807) is 7.05 Å². The number of ether oxygens (including phenoxy) is 1. The van der Waals surface area contributed by atoms with Crippen molar-refractivity contribution in [3.8, 4) is 5.75 Å². The van der Waals surface area contributed by atoms with Crippen LogP contribution in [0.5, 0.6) is 5.75 Å². The van der Waals surface area contributed by atoms with Gasteiger partial charge in [0.15, 0.2) is 15.8 Å². The maximum atomic E-state index is 11.5.